The Labute approximate surface area is 112 Å². The average molecular weight is 256 g/mol. The summed E-state index contributed by atoms with van der Waals surface area (Å²) in [7, 11) is 0. The average Bonchev–Trinajstić information content (AvgIpc) is 2.61. The standard InChI is InChI=1S/C15H16N2O2/c1-9-6-7-11-12(8-9)15(19)17(14(11)18)13-5-3-4-10(2)16-13/h3-6,11-12H,7-8H2,1-2H3/t11-,12+/m1/s1. The highest BCUT2D eigenvalue weighted by atomic mass is 16.2. The molecule has 4 heteroatoms. The normalized spacial score (nSPS) is 26.4. The van der Waals surface area contributed by atoms with Crippen molar-refractivity contribution in [2.45, 2.75) is 26.7 Å². The first-order valence-corrected chi connectivity index (χ1v) is 6.55. The van der Waals surface area contributed by atoms with Crippen LogP contribution in [0.25, 0.3) is 0 Å². The lowest BCUT2D eigenvalue weighted by molar-refractivity contribution is -0.122. The first-order valence-electron chi connectivity index (χ1n) is 6.55. The van der Waals surface area contributed by atoms with Crippen LogP contribution in [0.3, 0.4) is 0 Å². The number of anilines is 1. The molecule has 1 aliphatic carbocycles. The lowest BCUT2D eigenvalue weighted by atomic mass is 9.82. The highest BCUT2D eigenvalue weighted by Crippen LogP contribution is 2.39. The summed E-state index contributed by atoms with van der Waals surface area (Å²) >= 11 is 0. The molecule has 19 heavy (non-hydrogen) atoms. The van der Waals surface area contributed by atoms with Gasteiger partial charge in [-0.1, -0.05) is 17.7 Å². The minimum Gasteiger partial charge on any atom is -0.274 e. The fourth-order valence-corrected chi connectivity index (χ4v) is 2.92. The molecule has 0 saturated carbocycles. The molecular weight excluding hydrogens is 240 g/mol. The summed E-state index contributed by atoms with van der Waals surface area (Å²) < 4.78 is 0. The molecule has 0 aromatic carbocycles. The maximum atomic E-state index is 12.4. The van der Waals surface area contributed by atoms with E-state index in [0.29, 0.717) is 18.7 Å². The molecule has 3 rings (SSSR count). The summed E-state index contributed by atoms with van der Waals surface area (Å²) in [5.41, 5.74) is 2.00. The maximum absolute atomic E-state index is 12.4. The van der Waals surface area contributed by atoms with Crippen molar-refractivity contribution in [3.63, 3.8) is 0 Å². The number of carbonyl (C=O) groups excluding carboxylic acids is 2. The number of nitrogens with zero attached hydrogens (tertiary/aromatic N) is 2. The van der Waals surface area contributed by atoms with Crippen molar-refractivity contribution in [3.8, 4) is 0 Å². The third-order valence-electron chi connectivity index (χ3n) is 3.93. The lowest BCUT2D eigenvalue weighted by Gasteiger charge is -2.18. The number of hydrogen-bond donors (Lipinski definition) is 0. The van der Waals surface area contributed by atoms with Gasteiger partial charge in [0.25, 0.3) is 0 Å². The van der Waals surface area contributed by atoms with Crippen LogP contribution in [0.5, 0.6) is 0 Å². The summed E-state index contributed by atoms with van der Waals surface area (Å²) in [4.78, 5) is 30.4. The molecule has 0 N–H and O–H groups in total. The number of carbonyl (C=O) groups is 2. The monoisotopic (exact) mass is 256 g/mol. The molecule has 2 heterocycles. The third kappa shape index (κ3) is 1.87. The van der Waals surface area contributed by atoms with Crippen LogP contribution in [-0.4, -0.2) is 16.8 Å². The van der Waals surface area contributed by atoms with Crippen LogP contribution >= 0.6 is 0 Å². The molecule has 1 saturated heterocycles. The van der Waals surface area contributed by atoms with Crippen molar-refractivity contribution in [3.05, 3.63) is 35.5 Å². The van der Waals surface area contributed by atoms with E-state index in [-0.39, 0.29) is 23.7 Å². The van der Waals surface area contributed by atoms with Crippen LogP contribution in [0.15, 0.2) is 29.8 Å². The predicted octanol–water partition coefficient (Wildman–Crippen LogP) is 2.24. The zero-order valence-electron chi connectivity index (χ0n) is 11.1. The number of imide groups is 1. The van der Waals surface area contributed by atoms with Crippen LogP contribution in [0.2, 0.25) is 0 Å². The smallest absolute Gasteiger partial charge is 0.239 e. The van der Waals surface area contributed by atoms with Gasteiger partial charge in [-0.25, -0.2) is 9.88 Å². The molecule has 0 unspecified atom stereocenters. The second-order valence-corrected chi connectivity index (χ2v) is 5.35. The van der Waals surface area contributed by atoms with Crippen molar-refractivity contribution in [2.24, 2.45) is 11.8 Å². The molecule has 2 amide bonds. The molecule has 4 nitrogen and oxygen atoms in total. The number of aryl methyl sites for hydroxylation is 1. The van der Waals surface area contributed by atoms with Gasteiger partial charge in [0, 0.05) is 5.69 Å². The molecule has 0 radical (unpaired) electrons. The van der Waals surface area contributed by atoms with Crippen LogP contribution in [-0.2, 0) is 9.59 Å². The van der Waals surface area contributed by atoms with E-state index in [1.807, 2.05) is 26.0 Å². The molecule has 2 aliphatic rings. The minimum atomic E-state index is -0.196. The fourth-order valence-electron chi connectivity index (χ4n) is 2.92. The summed E-state index contributed by atoms with van der Waals surface area (Å²) in [5.74, 6) is -0.127. The van der Waals surface area contributed by atoms with Gasteiger partial charge >= 0.3 is 0 Å². The van der Waals surface area contributed by atoms with E-state index < -0.39 is 0 Å². The van der Waals surface area contributed by atoms with Crippen molar-refractivity contribution < 1.29 is 9.59 Å². The Hall–Kier alpha value is -1.97. The van der Waals surface area contributed by atoms with Crippen LogP contribution in [0.1, 0.15) is 25.5 Å². The van der Waals surface area contributed by atoms with Gasteiger partial charge in [0.15, 0.2) is 0 Å². The van der Waals surface area contributed by atoms with E-state index in [1.54, 1.807) is 6.07 Å². The number of allylic oxidation sites excluding steroid dienone is 2. The topological polar surface area (TPSA) is 50.3 Å². The lowest BCUT2D eigenvalue weighted by Crippen LogP contribution is -2.31. The quantitative estimate of drug-likeness (QED) is 0.572. The number of rotatable bonds is 1. The maximum Gasteiger partial charge on any atom is 0.239 e. The van der Waals surface area contributed by atoms with Gasteiger partial charge in [0.1, 0.15) is 5.82 Å². The molecule has 98 valence electrons. The fraction of sp³-hybridized carbons (Fsp3) is 0.400. The summed E-state index contributed by atoms with van der Waals surface area (Å²) in [5, 5.41) is 0. The Kier molecular flexibility index (Phi) is 2.73. The highest BCUT2D eigenvalue weighted by molar-refractivity contribution is 6.21. The summed E-state index contributed by atoms with van der Waals surface area (Å²) in [6, 6.07) is 5.40. The Morgan fingerprint density at radius 2 is 1.89 bits per heavy atom. The van der Waals surface area contributed by atoms with Gasteiger partial charge in [-0.3, -0.25) is 9.59 Å². The number of pyridine rings is 1. The van der Waals surface area contributed by atoms with Gasteiger partial charge < -0.3 is 0 Å². The Balaban J connectivity index is 1.97. The zero-order valence-corrected chi connectivity index (χ0v) is 11.1. The van der Waals surface area contributed by atoms with Crippen LogP contribution in [0.4, 0.5) is 5.82 Å². The molecule has 1 aromatic rings. The largest absolute Gasteiger partial charge is 0.274 e. The molecular formula is C15H16N2O2. The number of hydrogen-bond acceptors (Lipinski definition) is 3. The van der Waals surface area contributed by atoms with Crippen LogP contribution < -0.4 is 4.90 Å². The van der Waals surface area contributed by atoms with E-state index in [2.05, 4.69) is 11.1 Å². The van der Waals surface area contributed by atoms with E-state index >= 15 is 0 Å². The van der Waals surface area contributed by atoms with Crippen molar-refractivity contribution in [1.29, 1.82) is 0 Å². The third-order valence-corrected chi connectivity index (χ3v) is 3.93. The van der Waals surface area contributed by atoms with E-state index in [1.165, 1.54) is 10.5 Å². The second-order valence-electron chi connectivity index (χ2n) is 5.35. The number of amides is 2. The highest BCUT2D eigenvalue weighted by Gasteiger charge is 2.49. The van der Waals surface area contributed by atoms with Gasteiger partial charge in [0.05, 0.1) is 11.8 Å². The Morgan fingerprint density at radius 1 is 1.16 bits per heavy atom. The minimum absolute atomic E-state index is 0.0967. The first-order chi connectivity index (χ1) is 9.08. The molecule has 0 bridgehead atoms. The van der Waals surface area contributed by atoms with E-state index in [4.69, 9.17) is 0 Å². The number of fused-ring (bicyclic) bond motifs is 1. The van der Waals surface area contributed by atoms with Crippen molar-refractivity contribution >= 4 is 17.6 Å². The van der Waals surface area contributed by atoms with Gasteiger partial charge in [-0.2, -0.15) is 0 Å². The molecule has 1 aliphatic heterocycles. The van der Waals surface area contributed by atoms with Crippen molar-refractivity contribution in [1.82, 2.24) is 4.98 Å². The van der Waals surface area contributed by atoms with Crippen LogP contribution in [0, 0.1) is 18.8 Å². The SMILES string of the molecule is CC1=CC[C@H]2C(=O)N(c3cccc(C)n3)C(=O)[C@H]2C1. The molecule has 0 spiro atoms. The molecule has 2 atom stereocenters. The molecule has 1 fully saturated rings. The summed E-state index contributed by atoms with van der Waals surface area (Å²) in [6.07, 6.45) is 3.43. The van der Waals surface area contributed by atoms with E-state index in [9.17, 15) is 9.59 Å². The Bertz CT molecular complexity index is 592. The Morgan fingerprint density at radius 3 is 2.63 bits per heavy atom. The predicted molar refractivity (Wildman–Crippen MR) is 71.4 cm³/mol. The zero-order chi connectivity index (χ0) is 13.6. The van der Waals surface area contributed by atoms with E-state index in [0.717, 1.165) is 5.69 Å². The second kappa shape index (κ2) is 4.30. The molecule has 1 aromatic heterocycles. The number of aromatic nitrogens is 1. The van der Waals surface area contributed by atoms with Crippen molar-refractivity contribution in [2.75, 3.05) is 4.90 Å². The first kappa shape index (κ1) is 12.1. The van der Waals surface area contributed by atoms with Gasteiger partial charge in [-0.15, -0.1) is 0 Å². The summed E-state index contributed by atoms with van der Waals surface area (Å²) in [6.45, 7) is 3.87. The van der Waals surface area contributed by atoms with Gasteiger partial charge in [-0.05, 0) is 38.8 Å². The van der Waals surface area contributed by atoms with Gasteiger partial charge in [0.2, 0.25) is 11.8 Å².